The van der Waals surface area contributed by atoms with E-state index >= 15 is 0 Å². The first-order valence-corrected chi connectivity index (χ1v) is 22.3. The molecule has 0 amide bonds. The summed E-state index contributed by atoms with van der Waals surface area (Å²) in [7, 11) is 0. The van der Waals surface area contributed by atoms with Gasteiger partial charge in [-0.25, -0.2) is 0 Å². The quantitative estimate of drug-likeness (QED) is 0.176. The summed E-state index contributed by atoms with van der Waals surface area (Å²) in [6.07, 6.45) is 0. The van der Waals surface area contributed by atoms with Crippen LogP contribution >= 0.6 is 11.3 Å². The van der Waals surface area contributed by atoms with Gasteiger partial charge in [0.25, 0.3) is 0 Å². The zero-order valence-corrected chi connectivity index (χ0v) is 34.9. The fourth-order valence-electron chi connectivity index (χ4n) is 10.1. The first-order valence-electron chi connectivity index (χ1n) is 21.5. The Hall–Kier alpha value is -7.98. The summed E-state index contributed by atoms with van der Waals surface area (Å²) >= 11 is 1.90. The van der Waals surface area contributed by atoms with Crippen LogP contribution < -0.4 is 4.90 Å². The number of para-hydroxylation sites is 2. The van der Waals surface area contributed by atoms with E-state index in [1.807, 2.05) is 17.4 Å². The lowest BCUT2D eigenvalue weighted by Crippen LogP contribution is -2.11. The van der Waals surface area contributed by atoms with Gasteiger partial charge in [-0.15, -0.1) is 11.3 Å². The molecule has 0 N–H and O–H groups in total. The van der Waals surface area contributed by atoms with E-state index in [2.05, 4.69) is 223 Å². The summed E-state index contributed by atoms with van der Waals surface area (Å²) in [5.41, 5.74) is 7.20. The number of nitrogens with zero attached hydrogens (tertiary/aromatic N) is 1. The van der Waals surface area contributed by atoms with Gasteiger partial charge in [0.15, 0.2) is 0 Å². The predicted molar refractivity (Wildman–Crippen MR) is 272 cm³/mol. The number of anilines is 3. The van der Waals surface area contributed by atoms with Gasteiger partial charge in [-0.05, 0) is 96.5 Å². The van der Waals surface area contributed by atoms with E-state index in [4.69, 9.17) is 4.42 Å². The number of furan rings is 1. The molecule has 0 atom stereocenters. The third kappa shape index (κ3) is 5.64. The largest absolute Gasteiger partial charge is 0.456 e. The Bertz CT molecular complexity index is 4050. The van der Waals surface area contributed by atoms with E-state index in [9.17, 15) is 0 Å². The third-order valence-corrected chi connectivity index (χ3v) is 14.1. The first kappa shape index (κ1) is 35.7. The molecular formula is C60H37NOS. The van der Waals surface area contributed by atoms with Crippen LogP contribution in [0.4, 0.5) is 17.1 Å². The molecule has 3 heteroatoms. The van der Waals surface area contributed by atoms with Crippen LogP contribution in [0.15, 0.2) is 229 Å². The highest BCUT2D eigenvalue weighted by Gasteiger charge is 2.21. The number of thiophene rings is 1. The van der Waals surface area contributed by atoms with E-state index in [0.29, 0.717) is 0 Å². The Labute approximate surface area is 367 Å². The Kier molecular flexibility index (Phi) is 8.12. The smallest absolute Gasteiger partial charge is 0.137 e. The Morgan fingerprint density at radius 3 is 1.54 bits per heavy atom. The van der Waals surface area contributed by atoms with Crippen molar-refractivity contribution < 1.29 is 4.42 Å². The summed E-state index contributed by atoms with van der Waals surface area (Å²) < 4.78 is 9.16. The Morgan fingerprint density at radius 1 is 0.317 bits per heavy atom. The average molecular weight is 820 g/mol. The first-order chi connectivity index (χ1) is 31.3. The lowest BCUT2D eigenvalue weighted by molar-refractivity contribution is 0.669. The third-order valence-electron chi connectivity index (χ3n) is 12.9. The highest BCUT2D eigenvalue weighted by Crippen LogP contribution is 2.47. The molecule has 2 nitrogen and oxygen atoms in total. The second-order valence-corrected chi connectivity index (χ2v) is 17.4. The standard InChI is InChI=1S/C60H37NOS/c1-2-16-38(17-3-1)41-18-10-13-27-55(41)61(40-31-33-49-48-24-11-14-28-56(48)62-57(49)37-40)39-30-32-47-52-34-35-53-50-25-12-15-29-58(50)63-60(53)59(52)51-26-9-8-22-45(51)43-20-5-4-19-42(43)44-21-6-7-23-46(44)54(47)36-39/h1-37H. The Balaban J connectivity index is 1.21. The molecule has 0 aliphatic carbocycles. The van der Waals surface area contributed by atoms with Gasteiger partial charge in [-0.3, -0.25) is 0 Å². The molecule has 0 spiro atoms. The van der Waals surface area contributed by atoms with E-state index in [-0.39, 0.29) is 0 Å². The highest BCUT2D eigenvalue weighted by atomic mass is 32.1. The fourth-order valence-corrected chi connectivity index (χ4v) is 11.3. The monoisotopic (exact) mass is 819 g/mol. The van der Waals surface area contributed by atoms with E-state index in [0.717, 1.165) is 50.1 Å². The molecule has 294 valence electrons. The molecule has 13 aromatic rings. The van der Waals surface area contributed by atoms with E-state index in [1.165, 1.54) is 74.0 Å². The molecule has 2 heterocycles. The van der Waals surface area contributed by atoms with Crippen molar-refractivity contribution in [3.8, 4) is 11.1 Å². The fraction of sp³-hybridized carbons (Fsp3) is 0. The van der Waals surface area contributed by atoms with Crippen LogP contribution in [0.2, 0.25) is 0 Å². The maximum absolute atomic E-state index is 6.56. The van der Waals surface area contributed by atoms with Crippen molar-refractivity contribution in [1.29, 1.82) is 0 Å². The second-order valence-electron chi connectivity index (χ2n) is 16.3. The van der Waals surface area contributed by atoms with Gasteiger partial charge in [0.05, 0.1) is 5.69 Å². The molecule has 0 saturated carbocycles. The van der Waals surface area contributed by atoms with E-state index in [1.54, 1.807) is 0 Å². The molecule has 63 heavy (non-hydrogen) atoms. The number of hydrogen-bond acceptors (Lipinski definition) is 3. The van der Waals surface area contributed by atoms with E-state index < -0.39 is 0 Å². The van der Waals surface area contributed by atoms with Gasteiger partial charge in [-0.1, -0.05) is 176 Å². The molecular weight excluding hydrogens is 783 g/mol. The normalized spacial score (nSPS) is 11.8. The van der Waals surface area contributed by atoms with Crippen molar-refractivity contribution in [3.63, 3.8) is 0 Å². The molecule has 11 aromatic carbocycles. The minimum absolute atomic E-state index is 0.858. The summed E-state index contributed by atoms with van der Waals surface area (Å²) in [5, 5.41) is 17.0. The minimum atomic E-state index is 0.858. The van der Waals surface area contributed by atoms with Crippen molar-refractivity contribution in [1.82, 2.24) is 0 Å². The van der Waals surface area contributed by atoms with Crippen LogP contribution in [0.3, 0.4) is 0 Å². The number of hydrogen-bond donors (Lipinski definition) is 0. The van der Waals surface area contributed by atoms with Crippen LogP contribution in [0.5, 0.6) is 0 Å². The Morgan fingerprint density at radius 2 is 0.794 bits per heavy atom. The summed E-state index contributed by atoms with van der Waals surface area (Å²) in [5.74, 6) is 0. The minimum Gasteiger partial charge on any atom is -0.456 e. The molecule has 0 fully saturated rings. The van der Waals surface area contributed by atoms with Gasteiger partial charge in [0, 0.05) is 59.3 Å². The van der Waals surface area contributed by atoms with Crippen molar-refractivity contribution >= 4 is 124 Å². The number of fused-ring (bicyclic) bond motifs is 17. The van der Waals surface area contributed by atoms with Crippen molar-refractivity contribution in [2.75, 3.05) is 4.90 Å². The van der Waals surface area contributed by atoms with Crippen molar-refractivity contribution in [3.05, 3.63) is 224 Å². The SMILES string of the molecule is c1ccc(-c2ccccc2N(c2ccc3c(c2)oc2ccccc23)c2ccc3c(c2)c2ccccc2c2ccccc2c2ccccc2c2c3ccc3c4ccccc4sc32)cc1. The summed E-state index contributed by atoms with van der Waals surface area (Å²) in [6, 6.07) is 82.0. The van der Waals surface area contributed by atoms with Crippen LogP contribution in [0.25, 0.3) is 107 Å². The van der Waals surface area contributed by atoms with Gasteiger partial charge < -0.3 is 9.32 Å². The molecule has 0 saturated heterocycles. The number of rotatable bonds is 4. The second kappa shape index (κ2) is 14.3. The molecule has 0 aliphatic rings. The zero-order valence-electron chi connectivity index (χ0n) is 34.1. The topological polar surface area (TPSA) is 16.4 Å². The van der Waals surface area contributed by atoms with Crippen LogP contribution in [0, 0.1) is 0 Å². The van der Waals surface area contributed by atoms with Crippen LogP contribution in [-0.2, 0) is 0 Å². The van der Waals surface area contributed by atoms with Crippen LogP contribution in [0.1, 0.15) is 0 Å². The van der Waals surface area contributed by atoms with Crippen LogP contribution in [-0.4, -0.2) is 0 Å². The lowest BCUT2D eigenvalue weighted by atomic mass is 9.93. The maximum Gasteiger partial charge on any atom is 0.137 e. The molecule has 0 aliphatic heterocycles. The summed E-state index contributed by atoms with van der Waals surface area (Å²) in [6.45, 7) is 0. The molecule has 2 aromatic heterocycles. The average Bonchev–Trinajstić information content (AvgIpc) is 3.92. The molecule has 0 bridgehead atoms. The van der Waals surface area contributed by atoms with Crippen molar-refractivity contribution in [2.45, 2.75) is 0 Å². The zero-order chi connectivity index (χ0) is 41.4. The lowest BCUT2D eigenvalue weighted by Gasteiger charge is -2.28. The number of benzene rings is 10. The van der Waals surface area contributed by atoms with Gasteiger partial charge in [0.2, 0.25) is 0 Å². The molecule has 0 radical (unpaired) electrons. The molecule has 13 rings (SSSR count). The highest BCUT2D eigenvalue weighted by molar-refractivity contribution is 7.26. The summed E-state index contributed by atoms with van der Waals surface area (Å²) in [4.78, 5) is 2.41. The molecule has 0 unspecified atom stereocenters. The predicted octanol–water partition coefficient (Wildman–Crippen LogP) is 18.0. The van der Waals surface area contributed by atoms with Gasteiger partial charge in [-0.2, -0.15) is 0 Å². The van der Waals surface area contributed by atoms with Gasteiger partial charge >= 0.3 is 0 Å². The van der Waals surface area contributed by atoms with Gasteiger partial charge in [0.1, 0.15) is 11.2 Å². The maximum atomic E-state index is 6.56. The van der Waals surface area contributed by atoms with Crippen molar-refractivity contribution in [2.24, 2.45) is 0 Å².